The molecule has 0 unspecified atom stereocenters. The molecule has 2 aromatic carbocycles. The highest BCUT2D eigenvalue weighted by atomic mass is 79.9. The molecule has 0 atom stereocenters. The number of nitrogens with zero attached hydrogens (tertiary/aromatic N) is 2. The number of carbonyl (C=O) groups is 1. The van der Waals surface area contributed by atoms with Crippen LogP contribution in [0.15, 0.2) is 59.1 Å². The number of hydrogen-bond acceptors (Lipinski definition) is 3. The maximum atomic E-state index is 12.2. The summed E-state index contributed by atoms with van der Waals surface area (Å²) in [6, 6.07) is 16.3. The first-order valence-electron chi connectivity index (χ1n) is 9.82. The van der Waals surface area contributed by atoms with Gasteiger partial charge in [0.05, 0.1) is 0 Å². The molecular weight excluding hydrogens is 414 g/mol. The second-order valence-electron chi connectivity index (χ2n) is 7.22. The molecule has 0 spiro atoms. The van der Waals surface area contributed by atoms with Gasteiger partial charge in [-0.15, -0.1) is 0 Å². The molecule has 2 aromatic rings. The second-order valence-corrected chi connectivity index (χ2v) is 8.07. The molecule has 3 rings (SSSR count). The number of anilines is 1. The molecule has 1 amide bonds. The van der Waals surface area contributed by atoms with Crippen molar-refractivity contribution in [2.45, 2.75) is 13.3 Å². The fourth-order valence-corrected chi connectivity index (χ4v) is 3.55. The van der Waals surface area contributed by atoms with E-state index in [0.29, 0.717) is 6.42 Å². The predicted octanol–water partition coefficient (Wildman–Crippen LogP) is 4.42. The third kappa shape index (κ3) is 6.59. The van der Waals surface area contributed by atoms with E-state index < -0.39 is 0 Å². The molecule has 1 saturated heterocycles. The number of carbonyl (C=O) groups excluding carboxylic acids is 1. The lowest BCUT2D eigenvalue weighted by Crippen LogP contribution is -2.46. The number of nitrogens with one attached hydrogen (secondary N) is 1. The van der Waals surface area contributed by atoms with E-state index in [1.165, 1.54) is 5.56 Å². The van der Waals surface area contributed by atoms with Crippen molar-refractivity contribution in [2.75, 3.05) is 44.6 Å². The van der Waals surface area contributed by atoms with Crippen molar-refractivity contribution in [3.05, 3.63) is 70.2 Å². The Morgan fingerprint density at radius 3 is 2.50 bits per heavy atom. The average Bonchev–Trinajstić information content (AvgIpc) is 2.71. The number of hydrogen-bond donors (Lipinski definition) is 1. The molecule has 0 aromatic heterocycles. The van der Waals surface area contributed by atoms with Gasteiger partial charge in [0.2, 0.25) is 5.91 Å². The number of amides is 1. The largest absolute Gasteiger partial charge is 0.326 e. The van der Waals surface area contributed by atoms with Crippen LogP contribution < -0.4 is 5.32 Å². The quantitative estimate of drug-likeness (QED) is 0.690. The Balaban J connectivity index is 1.34. The summed E-state index contributed by atoms with van der Waals surface area (Å²) in [5.41, 5.74) is 3.23. The summed E-state index contributed by atoms with van der Waals surface area (Å²) in [5, 5.41) is 3.00. The van der Waals surface area contributed by atoms with E-state index in [0.717, 1.165) is 55.0 Å². The predicted molar refractivity (Wildman–Crippen MR) is 120 cm³/mol. The van der Waals surface area contributed by atoms with E-state index in [1.807, 2.05) is 31.2 Å². The first kappa shape index (κ1) is 20.8. The summed E-state index contributed by atoms with van der Waals surface area (Å²) < 4.78 is 1.06. The Bertz CT molecular complexity index is 799. The van der Waals surface area contributed by atoms with Gasteiger partial charge in [-0.2, -0.15) is 0 Å². The van der Waals surface area contributed by atoms with Gasteiger partial charge >= 0.3 is 0 Å². The van der Waals surface area contributed by atoms with Crippen LogP contribution in [0.3, 0.4) is 0 Å². The normalized spacial score (nSPS) is 15.8. The van der Waals surface area contributed by atoms with Gasteiger partial charge < -0.3 is 10.2 Å². The van der Waals surface area contributed by atoms with Gasteiger partial charge in [-0.1, -0.05) is 58.4 Å². The summed E-state index contributed by atoms with van der Waals surface area (Å²) in [6.07, 6.45) is 4.95. The van der Waals surface area contributed by atoms with E-state index in [-0.39, 0.29) is 5.91 Å². The summed E-state index contributed by atoms with van der Waals surface area (Å²) in [6.45, 7) is 7.95. The summed E-state index contributed by atoms with van der Waals surface area (Å²) in [4.78, 5) is 17.1. The third-order valence-electron chi connectivity index (χ3n) is 5.04. The molecule has 5 heteroatoms. The molecular formula is C23H28BrN3O. The molecule has 0 aliphatic carbocycles. The summed E-state index contributed by atoms with van der Waals surface area (Å²) in [7, 11) is 0. The first-order chi connectivity index (χ1) is 13.6. The highest BCUT2D eigenvalue weighted by molar-refractivity contribution is 9.10. The van der Waals surface area contributed by atoms with Crippen LogP contribution >= 0.6 is 15.9 Å². The minimum atomic E-state index is 0.0787. The summed E-state index contributed by atoms with van der Waals surface area (Å²) in [5.74, 6) is 0.0787. The van der Waals surface area contributed by atoms with Crippen LogP contribution in [-0.4, -0.2) is 55.0 Å². The van der Waals surface area contributed by atoms with Crippen LogP contribution in [0.2, 0.25) is 0 Å². The van der Waals surface area contributed by atoms with Gasteiger partial charge in [-0.3, -0.25) is 9.69 Å². The van der Waals surface area contributed by atoms with E-state index in [4.69, 9.17) is 0 Å². The lowest BCUT2D eigenvalue weighted by atomic mass is 10.2. The SMILES string of the molecule is Cc1cc(NC(=O)CCN2CCN(C/C=C\c3ccccc3)CC2)ccc1Br. The molecule has 0 saturated carbocycles. The van der Waals surface area contributed by atoms with Crippen molar-refractivity contribution in [1.82, 2.24) is 9.80 Å². The van der Waals surface area contributed by atoms with Crippen molar-refractivity contribution in [2.24, 2.45) is 0 Å². The molecule has 4 nitrogen and oxygen atoms in total. The molecule has 0 bridgehead atoms. The molecule has 28 heavy (non-hydrogen) atoms. The zero-order chi connectivity index (χ0) is 19.8. The Hall–Kier alpha value is -1.95. The van der Waals surface area contributed by atoms with Crippen molar-refractivity contribution in [1.29, 1.82) is 0 Å². The van der Waals surface area contributed by atoms with E-state index in [9.17, 15) is 4.79 Å². The standard InChI is InChI=1S/C23H28BrN3O/c1-19-18-21(9-10-22(19)24)25-23(28)11-13-27-16-14-26(15-17-27)12-5-8-20-6-3-2-4-7-20/h2-10,18H,11-17H2,1H3,(H,25,28)/b8-5-. The van der Waals surface area contributed by atoms with Gasteiger partial charge in [0.15, 0.2) is 0 Å². The van der Waals surface area contributed by atoms with Crippen LogP contribution in [0.5, 0.6) is 0 Å². The van der Waals surface area contributed by atoms with Crippen molar-refractivity contribution >= 4 is 33.6 Å². The van der Waals surface area contributed by atoms with Crippen molar-refractivity contribution in [3.63, 3.8) is 0 Å². The fourth-order valence-electron chi connectivity index (χ4n) is 3.30. The molecule has 1 heterocycles. The van der Waals surface area contributed by atoms with Gasteiger partial charge in [0.25, 0.3) is 0 Å². The Labute approximate surface area is 176 Å². The number of rotatable bonds is 7. The van der Waals surface area contributed by atoms with Crippen LogP contribution in [0.25, 0.3) is 6.08 Å². The molecule has 1 aliphatic heterocycles. The van der Waals surface area contributed by atoms with Crippen molar-refractivity contribution in [3.8, 4) is 0 Å². The van der Waals surface area contributed by atoms with Crippen LogP contribution in [0.1, 0.15) is 17.5 Å². The highest BCUT2D eigenvalue weighted by Crippen LogP contribution is 2.20. The average molecular weight is 442 g/mol. The molecule has 0 radical (unpaired) electrons. The second kappa shape index (κ2) is 10.6. The molecule has 1 aliphatic rings. The number of halogens is 1. The Morgan fingerprint density at radius 1 is 1.07 bits per heavy atom. The fraction of sp³-hybridized carbons (Fsp3) is 0.348. The molecule has 1 fully saturated rings. The summed E-state index contributed by atoms with van der Waals surface area (Å²) >= 11 is 3.48. The van der Waals surface area contributed by atoms with Gasteiger partial charge in [0.1, 0.15) is 0 Å². The molecule has 1 N–H and O–H groups in total. The maximum absolute atomic E-state index is 12.2. The van der Waals surface area contributed by atoms with E-state index in [2.05, 4.69) is 67.5 Å². The minimum absolute atomic E-state index is 0.0787. The van der Waals surface area contributed by atoms with Gasteiger partial charge in [-0.05, 0) is 36.2 Å². The zero-order valence-corrected chi connectivity index (χ0v) is 18.0. The van der Waals surface area contributed by atoms with Crippen LogP contribution in [0.4, 0.5) is 5.69 Å². The highest BCUT2D eigenvalue weighted by Gasteiger charge is 2.16. The van der Waals surface area contributed by atoms with Gasteiger partial charge in [-0.25, -0.2) is 0 Å². The topological polar surface area (TPSA) is 35.6 Å². The van der Waals surface area contributed by atoms with E-state index >= 15 is 0 Å². The monoisotopic (exact) mass is 441 g/mol. The third-order valence-corrected chi connectivity index (χ3v) is 5.92. The van der Waals surface area contributed by atoms with Crippen LogP contribution in [-0.2, 0) is 4.79 Å². The Kier molecular flexibility index (Phi) is 7.83. The van der Waals surface area contributed by atoms with Gasteiger partial charge in [0, 0.05) is 55.8 Å². The smallest absolute Gasteiger partial charge is 0.225 e. The number of piperazine rings is 1. The maximum Gasteiger partial charge on any atom is 0.225 e. The van der Waals surface area contributed by atoms with Crippen LogP contribution in [0, 0.1) is 6.92 Å². The lowest BCUT2D eigenvalue weighted by Gasteiger charge is -2.34. The minimum Gasteiger partial charge on any atom is -0.326 e. The number of aryl methyl sites for hydroxylation is 1. The number of benzene rings is 2. The molecule has 148 valence electrons. The van der Waals surface area contributed by atoms with E-state index in [1.54, 1.807) is 0 Å². The zero-order valence-electron chi connectivity index (χ0n) is 16.4. The lowest BCUT2D eigenvalue weighted by molar-refractivity contribution is -0.116. The first-order valence-corrected chi connectivity index (χ1v) is 10.6. The van der Waals surface area contributed by atoms with Crippen molar-refractivity contribution < 1.29 is 4.79 Å². The Morgan fingerprint density at radius 2 is 1.79 bits per heavy atom.